The number of carbonyl (C=O) groups excluding carboxylic acids is 2. The van der Waals surface area contributed by atoms with E-state index in [1.54, 1.807) is 14.1 Å². The summed E-state index contributed by atoms with van der Waals surface area (Å²) in [6.45, 7) is 5.35. The van der Waals surface area contributed by atoms with Gasteiger partial charge in [-0.1, -0.05) is 6.92 Å². The minimum absolute atomic E-state index is 0.0506. The van der Waals surface area contributed by atoms with Crippen LogP contribution in [0.15, 0.2) is 0 Å². The first kappa shape index (κ1) is 16.0. The molecule has 0 atom stereocenters. The standard InChI is InChI=1S/C13H22N4O3/c1-6-9-11(14)12(17(5)15-9)13(19)20-7-10(18)16(4)8(2)3/h8H,6-7,14H2,1-5H3. The monoisotopic (exact) mass is 282 g/mol. The Morgan fingerprint density at radius 3 is 2.50 bits per heavy atom. The second-order valence-electron chi connectivity index (χ2n) is 4.86. The van der Waals surface area contributed by atoms with Crippen molar-refractivity contribution in [3.05, 3.63) is 11.4 Å². The van der Waals surface area contributed by atoms with E-state index < -0.39 is 5.97 Å². The summed E-state index contributed by atoms with van der Waals surface area (Å²) in [4.78, 5) is 25.2. The number of nitrogen functional groups attached to an aromatic ring is 1. The van der Waals surface area contributed by atoms with Crippen molar-refractivity contribution < 1.29 is 14.3 Å². The van der Waals surface area contributed by atoms with Crippen molar-refractivity contribution >= 4 is 17.6 Å². The number of likely N-dealkylation sites (N-methyl/N-ethyl adjacent to an activating group) is 1. The minimum atomic E-state index is -0.636. The molecule has 0 bridgehead atoms. The normalized spacial score (nSPS) is 10.7. The van der Waals surface area contributed by atoms with Crippen molar-refractivity contribution in [3.63, 3.8) is 0 Å². The van der Waals surface area contributed by atoms with Crippen LogP contribution in [0.25, 0.3) is 0 Å². The quantitative estimate of drug-likeness (QED) is 0.798. The third kappa shape index (κ3) is 3.28. The van der Waals surface area contributed by atoms with Gasteiger partial charge < -0.3 is 15.4 Å². The van der Waals surface area contributed by atoms with Gasteiger partial charge in [-0.15, -0.1) is 0 Å². The largest absolute Gasteiger partial charge is 0.451 e. The molecule has 0 saturated heterocycles. The van der Waals surface area contributed by atoms with Gasteiger partial charge in [-0.2, -0.15) is 5.10 Å². The summed E-state index contributed by atoms with van der Waals surface area (Å²) >= 11 is 0. The molecule has 0 fully saturated rings. The molecule has 0 saturated carbocycles. The van der Waals surface area contributed by atoms with Crippen LogP contribution in [0.4, 0.5) is 5.69 Å². The zero-order valence-corrected chi connectivity index (χ0v) is 12.6. The molecule has 1 aromatic heterocycles. The third-order valence-corrected chi connectivity index (χ3v) is 3.18. The number of aromatic nitrogens is 2. The molecular formula is C13H22N4O3. The van der Waals surface area contributed by atoms with Crippen LogP contribution in [0, 0.1) is 0 Å². The third-order valence-electron chi connectivity index (χ3n) is 3.18. The summed E-state index contributed by atoms with van der Waals surface area (Å²) in [7, 11) is 3.28. The molecule has 0 aliphatic carbocycles. The SMILES string of the molecule is CCc1nn(C)c(C(=O)OCC(=O)N(C)C(C)C)c1N. The molecule has 1 rings (SSSR count). The van der Waals surface area contributed by atoms with Crippen LogP contribution in [-0.4, -0.2) is 46.3 Å². The average molecular weight is 282 g/mol. The molecular weight excluding hydrogens is 260 g/mol. The number of aryl methyl sites for hydroxylation is 2. The van der Waals surface area contributed by atoms with Crippen molar-refractivity contribution in [2.75, 3.05) is 19.4 Å². The molecule has 0 aliphatic heterocycles. The van der Waals surface area contributed by atoms with Crippen molar-refractivity contribution in [1.29, 1.82) is 0 Å². The number of hydrogen-bond acceptors (Lipinski definition) is 5. The highest BCUT2D eigenvalue weighted by Gasteiger charge is 2.22. The number of carbonyl (C=O) groups is 2. The summed E-state index contributed by atoms with van der Waals surface area (Å²) in [6.07, 6.45) is 0.627. The van der Waals surface area contributed by atoms with E-state index in [1.165, 1.54) is 9.58 Å². The molecule has 1 heterocycles. The van der Waals surface area contributed by atoms with E-state index in [1.807, 2.05) is 20.8 Å². The van der Waals surface area contributed by atoms with Crippen LogP contribution in [0.3, 0.4) is 0 Å². The first-order valence-corrected chi connectivity index (χ1v) is 6.53. The maximum absolute atomic E-state index is 12.0. The molecule has 20 heavy (non-hydrogen) atoms. The molecule has 0 radical (unpaired) electrons. The highest BCUT2D eigenvalue weighted by Crippen LogP contribution is 2.17. The fraction of sp³-hybridized carbons (Fsp3) is 0.615. The van der Waals surface area contributed by atoms with E-state index in [0.717, 1.165) is 0 Å². The average Bonchev–Trinajstić information content (AvgIpc) is 2.69. The van der Waals surface area contributed by atoms with Gasteiger partial charge in [0.2, 0.25) is 0 Å². The van der Waals surface area contributed by atoms with E-state index in [9.17, 15) is 9.59 Å². The maximum atomic E-state index is 12.0. The molecule has 0 unspecified atom stereocenters. The van der Waals surface area contributed by atoms with Crippen LogP contribution in [0.2, 0.25) is 0 Å². The summed E-state index contributed by atoms with van der Waals surface area (Å²) in [6, 6.07) is 0.0506. The number of rotatable bonds is 5. The number of anilines is 1. The Hall–Kier alpha value is -2.05. The van der Waals surface area contributed by atoms with E-state index in [4.69, 9.17) is 10.5 Å². The van der Waals surface area contributed by atoms with Crippen LogP contribution < -0.4 is 5.73 Å². The molecule has 0 aliphatic rings. The van der Waals surface area contributed by atoms with Crippen molar-refractivity contribution in [1.82, 2.24) is 14.7 Å². The van der Waals surface area contributed by atoms with Crippen molar-refractivity contribution in [3.8, 4) is 0 Å². The molecule has 2 N–H and O–H groups in total. The van der Waals surface area contributed by atoms with Gasteiger partial charge in [0.05, 0.1) is 11.4 Å². The highest BCUT2D eigenvalue weighted by atomic mass is 16.5. The lowest BCUT2D eigenvalue weighted by Gasteiger charge is -2.21. The number of esters is 1. The molecule has 1 aromatic rings. The molecule has 7 nitrogen and oxygen atoms in total. The number of hydrogen-bond donors (Lipinski definition) is 1. The Morgan fingerprint density at radius 2 is 2.05 bits per heavy atom. The van der Waals surface area contributed by atoms with Gasteiger partial charge in [0.25, 0.3) is 5.91 Å². The van der Waals surface area contributed by atoms with Gasteiger partial charge in [-0.3, -0.25) is 9.48 Å². The van der Waals surface area contributed by atoms with Crippen LogP contribution in [0.1, 0.15) is 37.0 Å². The Bertz CT molecular complexity index is 508. The number of nitrogens with two attached hydrogens (primary N) is 1. The highest BCUT2D eigenvalue weighted by molar-refractivity contribution is 5.95. The number of nitrogens with zero attached hydrogens (tertiary/aromatic N) is 3. The van der Waals surface area contributed by atoms with E-state index in [0.29, 0.717) is 17.8 Å². The smallest absolute Gasteiger partial charge is 0.359 e. The zero-order chi connectivity index (χ0) is 15.4. The lowest BCUT2D eigenvalue weighted by molar-refractivity contribution is -0.134. The number of ether oxygens (including phenoxy) is 1. The Labute approximate surface area is 118 Å². The second kappa shape index (κ2) is 6.40. The molecule has 1 amide bonds. The number of amides is 1. The van der Waals surface area contributed by atoms with Crippen molar-refractivity contribution in [2.24, 2.45) is 7.05 Å². The zero-order valence-electron chi connectivity index (χ0n) is 12.6. The van der Waals surface area contributed by atoms with Gasteiger partial charge in [0.15, 0.2) is 12.3 Å². The van der Waals surface area contributed by atoms with Gasteiger partial charge in [-0.05, 0) is 20.3 Å². The molecule has 0 spiro atoms. The molecule has 7 heteroatoms. The lowest BCUT2D eigenvalue weighted by Crippen LogP contribution is -2.36. The van der Waals surface area contributed by atoms with E-state index in [-0.39, 0.29) is 24.2 Å². The summed E-state index contributed by atoms with van der Waals surface area (Å²) < 4.78 is 6.39. The topological polar surface area (TPSA) is 90.5 Å². The summed E-state index contributed by atoms with van der Waals surface area (Å²) in [5.41, 5.74) is 6.99. The maximum Gasteiger partial charge on any atom is 0.359 e. The molecule has 112 valence electrons. The summed E-state index contributed by atoms with van der Waals surface area (Å²) in [5, 5.41) is 4.14. The van der Waals surface area contributed by atoms with E-state index in [2.05, 4.69) is 5.10 Å². The van der Waals surface area contributed by atoms with Crippen LogP contribution >= 0.6 is 0 Å². The minimum Gasteiger partial charge on any atom is -0.451 e. The molecule has 0 aromatic carbocycles. The summed E-state index contributed by atoms with van der Waals surface area (Å²) in [5.74, 6) is -0.896. The Kier molecular flexibility index (Phi) is 5.12. The second-order valence-corrected chi connectivity index (χ2v) is 4.86. The van der Waals surface area contributed by atoms with Crippen LogP contribution in [0.5, 0.6) is 0 Å². The van der Waals surface area contributed by atoms with Crippen molar-refractivity contribution in [2.45, 2.75) is 33.2 Å². The predicted molar refractivity (Wildman–Crippen MR) is 75.2 cm³/mol. The van der Waals surface area contributed by atoms with Gasteiger partial charge in [-0.25, -0.2) is 4.79 Å². The predicted octanol–water partition coefficient (Wildman–Crippen LogP) is 0.588. The van der Waals surface area contributed by atoms with Gasteiger partial charge in [0.1, 0.15) is 0 Å². The Balaban J connectivity index is 2.73. The van der Waals surface area contributed by atoms with E-state index >= 15 is 0 Å². The lowest BCUT2D eigenvalue weighted by atomic mass is 10.2. The fourth-order valence-corrected chi connectivity index (χ4v) is 1.68. The Morgan fingerprint density at radius 1 is 1.45 bits per heavy atom. The van der Waals surface area contributed by atoms with Gasteiger partial charge >= 0.3 is 5.97 Å². The fourth-order valence-electron chi connectivity index (χ4n) is 1.68. The first-order chi connectivity index (χ1) is 9.29. The van der Waals surface area contributed by atoms with Gasteiger partial charge in [0, 0.05) is 20.1 Å². The first-order valence-electron chi connectivity index (χ1n) is 6.53. The van der Waals surface area contributed by atoms with Crippen LogP contribution in [-0.2, 0) is 23.0 Å².